The molecule has 0 aliphatic carbocycles. The molecule has 0 aromatic carbocycles. The molecule has 0 atom stereocenters. The van der Waals surface area contributed by atoms with E-state index in [0.717, 1.165) is 0 Å². The third-order valence-electron chi connectivity index (χ3n) is 1.99. The standard InChI is InChI=1S/C8H10N8O2/c1-15-2-5(12-14-15)8(18)11-4-16-3-10-7(13-16)6(9)17/h2-3H,4H2,1H3,(H2,9,17)(H,11,18). The summed E-state index contributed by atoms with van der Waals surface area (Å²) in [5.74, 6) is -1.24. The summed E-state index contributed by atoms with van der Waals surface area (Å²) in [5, 5.41) is 13.6. The first-order valence-electron chi connectivity index (χ1n) is 4.90. The highest BCUT2D eigenvalue weighted by atomic mass is 16.2. The summed E-state index contributed by atoms with van der Waals surface area (Å²) in [6, 6.07) is 0. The van der Waals surface area contributed by atoms with Crippen LogP contribution in [0.1, 0.15) is 21.1 Å². The number of amides is 2. The quantitative estimate of drug-likeness (QED) is 0.638. The summed E-state index contributed by atoms with van der Waals surface area (Å²) in [6.45, 7) is 0.0513. The summed E-state index contributed by atoms with van der Waals surface area (Å²) >= 11 is 0. The maximum Gasteiger partial charge on any atom is 0.288 e. The fourth-order valence-electron chi connectivity index (χ4n) is 1.18. The molecule has 0 saturated heterocycles. The van der Waals surface area contributed by atoms with Gasteiger partial charge in [0.25, 0.3) is 11.8 Å². The molecule has 0 unspecified atom stereocenters. The smallest absolute Gasteiger partial charge is 0.288 e. The lowest BCUT2D eigenvalue weighted by Gasteiger charge is -2.01. The van der Waals surface area contributed by atoms with Crippen LogP contribution in [0.2, 0.25) is 0 Å². The normalized spacial score (nSPS) is 10.3. The molecule has 2 amide bonds. The van der Waals surface area contributed by atoms with E-state index in [9.17, 15) is 9.59 Å². The van der Waals surface area contributed by atoms with Crippen LogP contribution in [0.5, 0.6) is 0 Å². The molecule has 18 heavy (non-hydrogen) atoms. The number of nitrogens with one attached hydrogen (secondary N) is 1. The summed E-state index contributed by atoms with van der Waals surface area (Å²) < 4.78 is 2.68. The van der Waals surface area contributed by atoms with E-state index >= 15 is 0 Å². The Bertz CT molecular complexity index is 585. The van der Waals surface area contributed by atoms with Gasteiger partial charge in [-0.1, -0.05) is 5.21 Å². The van der Waals surface area contributed by atoms with Crippen molar-refractivity contribution in [3.05, 3.63) is 24.0 Å². The van der Waals surface area contributed by atoms with Crippen LogP contribution in [-0.2, 0) is 13.7 Å². The van der Waals surface area contributed by atoms with Crippen molar-refractivity contribution in [1.29, 1.82) is 0 Å². The number of hydrogen-bond donors (Lipinski definition) is 2. The van der Waals surface area contributed by atoms with E-state index in [4.69, 9.17) is 5.73 Å². The minimum atomic E-state index is -0.728. The van der Waals surface area contributed by atoms with Gasteiger partial charge in [-0.25, -0.2) is 9.67 Å². The highest BCUT2D eigenvalue weighted by molar-refractivity contribution is 5.91. The molecule has 10 heteroatoms. The topological polar surface area (TPSA) is 134 Å². The van der Waals surface area contributed by atoms with Gasteiger partial charge in [-0.2, -0.15) is 0 Å². The van der Waals surface area contributed by atoms with Gasteiger partial charge in [0.1, 0.15) is 13.0 Å². The summed E-state index contributed by atoms with van der Waals surface area (Å²) in [5.41, 5.74) is 5.18. The maximum atomic E-state index is 11.6. The lowest BCUT2D eigenvalue weighted by Crippen LogP contribution is -2.27. The first-order chi connectivity index (χ1) is 8.56. The first kappa shape index (κ1) is 11.7. The molecule has 2 aromatic rings. The van der Waals surface area contributed by atoms with E-state index in [1.807, 2.05) is 0 Å². The predicted octanol–water partition coefficient (Wildman–Crippen LogP) is -2.11. The van der Waals surface area contributed by atoms with Crippen LogP contribution < -0.4 is 11.1 Å². The van der Waals surface area contributed by atoms with Gasteiger partial charge in [0.05, 0.1) is 6.20 Å². The maximum absolute atomic E-state index is 11.6. The number of hydrogen-bond acceptors (Lipinski definition) is 6. The summed E-state index contributed by atoms with van der Waals surface area (Å²) in [4.78, 5) is 26.0. The molecular weight excluding hydrogens is 240 g/mol. The van der Waals surface area contributed by atoms with Crippen molar-refractivity contribution in [2.45, 2.75) is 6.67 Å². The van der Waals surface area contributed by atoms with Gasteiger partial charge < -0.3 is 11.1 Å². The molecule has 0 radical (unpaired) electrons. The Kier molecular flexibility index (Phi) is 3.00. The minimum Gasteiger partial charge on any atom is -0.363 e. The van der Waals surface area contributed by atoms with Crippen LogP contribution in [0.15, 0.2) is 12.5 Å². The van der Waals surface area contributed by atoms with E-state index in [2.05, 4.69) is 25.7 Å². The second-order valence-electron chi connectivity index (χ2n) is 3.41. The van der Waals surface area contributed by atoms with Gasteiger partial charge in [0, 0.05) is 7.05 Å². The molecule has 0 bridgehead atoms. The molecule has 0 aliphatic heterocycles. The SMILES string of the molecule is Cn1cc(C(=O)NCn2cnc(C(N)=O)n2)nn1. The highest BCUT2D eigenvalue weighted by Gasteiger charge is 2.10. The average Bonchev–Trinajstić information content (AvgIpc) is 2.94. The second-order valence-corrected chi connectivity index (χ2v) is 3.41. The number of nitrogens with two attached hydrogens (primary N) is 1. The fraction of sp³-hybridized carbons (Fsp3) is 0.250. The van der Waals surface area contributed by atoms with Crippen LogP contribution in [0.4, 0.5) is 0 Å². The van der Waals surface area contributed by atoms with E-state index in [0.29, 0.717) is 0 Å². The zero-order valence-corrected chi connectivity index (χ0v) is 9.44. The van der Waals surface area contributed by atoms with Crippen LogP contribution >= 0.6 is 0 Å². The van der Waals surface area contributed by atoms with Crippen molar-refractivity contribution >= 4 is 11.8 Å². The molecular formula is C8H10N8O2. The van der Waals surface area contributed by atoms with Crippen LogP contribution in [0.3, 0.4) is 0 Å². The molecule has 3 N–H and O–H groups in total. The lowest BCUT2D eigenvalue weighted by atomic mass is 10.4. The Balaban J connectivity index is 1.95. The monoisotopic (exact) mass is 250 g/mol. The second kappa shape index (κ2) is 4.61. The summed E-state index contributed by atoms with van der Waals surface area (Å²) in [6.07, 6.45) is 2.77. The van der Waals surface area contributed by atoms with E-state index < -0.39 is 11.8 Å². The number of carbonyl (C=O) groups is 2. The van der Waals surface area contributed by atoms with Crippen LogP contribution in [-0.4, -0.2) is 41.6 Å². The molecule has 94 valence electrons. The fourth-order valence-corrected chi connectivity index (χ4v) is 1.18. The Morgan fingerprint density at radius 3 is 2.83 bits per heavy atom. The third-order valence-corrected chi connectivity index (χ3v) is 1.99. The minimum absolute atomic E-state index is 0.0513. The molecule has 2 rings (SSSR count). The van der Waals surface area contributed by atoms with Crippen molar-refractivity contribution in [2.24, 2.45) is 12.8 Å². The van der Waals surface area contributed by atoms with Crippen molar-refractivity contribution in [1.82, 2.24) is 35.1 Å². The molecule has 0 spiro atoms. The van der Waals surface area contributed by atoms with Gasteiger partial charge in [-0.15, -0.1) is 10.2 Å². The Labute approximate surface area is 101 Å². The Morgan fingerprint density at radius 1 is 1.50 bits per heavy atom. The number of aromatic nitrogens is 6. The van der Waals surface area contributed by atoms with Gasteiger partial charge in [-0.05, 0) is 0 Å². The van der Waals surface area contributed by atoms with Crippen molar-refractivity contribution in [3.63, 3.8) is 0 Å². The van der Waals surface area contributed by atoms with Crippen LogP contribution in [0.25, 0.3) is 0 Å². The molecule has 0 saturated carbocycles. The number of nitrogens with zero attached hydrogens (tertiary/aromatic N) is 6. The van der Waals surface area contributed by atoms with Crippen LogP contribution in [0, 0.1) is 0 Å². The molecule has 2 heterocycles. The zero-order valence-electron chi connectivity index (χ0n) is 9.44. The van der Waals surface area contributed by atoms with Crippen molar-refractivity contribution < 1.29 is 9.59 Å². The van der Waals surface area contributed by atoms with E-state index in [1.165, 1.54) is 21.9 Å². The number of aryl methyl sites for hydroxylation is 1. The molecule has 10 nitrogen and oxygen atoms in total. The largest absolute Gasteiger partial charge is 0.363 e. The predicted molar refractivity (Wildman–Crippen MR) is 57.0 cm³/mol. The van der Waals surface area contributed by atoms with E-state index in [-0.39, 0.29) is 18.2 Å². The van der Waals surface area contributed by atoms with E-state index in [1.54, 1.807) is 7.05 Å². The number of primary amides is 1. The van der Waals surface area contributed by atoms with Gasteiger partial charge >= 0.3 is 0 Å². The Morgan fingerprint density at radius 2 is 2.28 bits per heavy atom. The average molecular weight is 250 g/mol. The van der Waals surface area contributed by atoms with Gasteiger partial charge in [0.2, 0.25) is 5.82 Å². The molecule has 0 aliphatic rings. The molecule has 2 aromatic heterocycles. The number of rotatable bonds is 4. The number of carbonyl (C=O) groups excluding carboxylic acids is 2. The van der Waals surface area contributed by atoms with Gasteiger partial charge in [0.15, 0.2) is 5.69 Å². The lowest BCUT2D eigenvalue weighted by molar-refractivity contribution is 0.0934. The highest BCUT2D eigenvalue weighted by Crippen LogP contribution is 1.92. The van der Waals surface area contributed by atoms with Crippen molar-refractivity contribution in [3.8, 4) is 0 Å². The van der Waals surface area contributed by atoms with Gasteiger partial charge in [-0.3, -0.25) is 14.3 Å². The summed E-state index contributed by atoms with van der Waals surface area (Å²) in [7, 11) is 1.65. The van der Waals surface area contributed by atoms with Crippen molar-refractivity contribution in [2.75, 3.05) is 0 Å². The third kappa shape index (κ3) is 2.48. The zero-order chi connectivity index (χ0) is 13.1. The first-order valence-corrected chi connectivity index (χ1v) is 4.90. The Hall–Kier alpha value is -2.78. The molecule has 0 fully saturated rings.